The number of nitrogens with zero attached hydrogens (tertiary/aromatic N) is 18. The molecule has 0 radical (unpaired) electrons. The van der Waals surface area contributed by atoms with E-state index in [9.17, 15) is 0 Å². The third-order valence-electron chi connectivity index (χ3n) is 26.9. The van der Waals surface area contributed by atoms with E-state index in [1.807, 2.05) is 0 Å². The first kappa shape index (κ1) is 95.3. The largest absolute Gasteiger partial charge is 0.247 e. The van der Waals surface area contributed by atoms with E-state index in [1.165, 1.54) is 77.0 Å². The molecule has 13 aromatic rings. The van der Waals surface area contributed by atoms with Gasteiger partial charge in [0.15, 0.2) is 0 Å². The van der Waals surface area contributed by atoms with Crippen LogP contribution in [0.1, 0.15) is 460 Å². The van der Waals surface area contributed by atoms with Gasteiger partial charge in [-0.15, -0.1) is 0 Å². The molecule has 18 heteroatoms. The summed E-state index contributed by atoms with van der Waals surface area (Å²) in [5.74, 6) is 0. The van der Waals surface area contributed by atoms with Crippen molar-refractivity contribution in [3.8, 4) is 0 Å². The number of hydrogen-bond donors (Lipinski definition) is 0. The first-order valence-corrected chi connectivity index (χ1v) is 52.3. The zero-order valence-electron chi connectivity index (χ0n) is 80.5. The van der Waals surface area contributed by atoms with Gasteiger partial charge >= 0.3 is 0 Å². The van der Waals surface area contributed by atoms with Gasteiger partial charge < -0.3 is 0 Å². The summed E-state index contributed by atoms with van der Waals surface area (Å²) in [4.78, 5) is 109. The summed E-state index contributed by atoms with van der Waals surface area (Å²) in [6, 6.07) is 0. The minimum absolute atomic E-state index is 0.534. The van der Waals surface area contributed by atoms with Gasteiger partial charge in [-0.25, -0.2) is 89.7 Å². The number of rotatable bonds is 60. The van der Waals surface area contributed by atoms with Crippen LogP contribution in [0, 0.1) is 0 Å². The summed E-state index contributed by atoms with van der Waals surface area (Å²) < 4.78 is 0. The van der Waals surface area contributed by atoms with Crippen LogP contribution in [0.5, 0.6) is 0 Å². The van der Waals surface area contributed by atoms with Crippen LogP contribution in [0.25, 0.3) is 132 Å². The Balaban J connectivity index is 1.26. The Hall–Kier alpha value is -8.28. The van der Waals surface area contributed by atoms with Crippen LogP contribution in [-0.4, -0.2) is 89.7 Å². The van der Waals surface area contributed by atoms with Crippen molar-refractivity contribution in [3.05, 3.63) is 68.3 Å². The number of unbranched alkanes of at least 4 members (excludes halogenated alkanes) is 36. The van der Waals surface area contributed by atoms with E-state index in [2.05, 4.69) is 83.1 Å². The average molecular weight is 1710 g/mol. The molecule has 0 N–H and O–H groups in total. The van der Waals surface area contributed by atoms with Gasteiger partial charge in [-0.3, -0.25) is 0 Å². The van der Waals surface area contributed by atoms with Crippen molar-refractivity contribution >= 4 is 132 Å². The minimum Gasteiger partial charge on any atom is -0.247 e. The van der Waals surface area contributed by atoms with E-state index in [1.54, 1.807) is 0 Å². The van der Waals surface area contributed by atoms with Crippen molar-refractivity contribution in [2.75, 3.05) is 0 Å². The van der Waals surface area contributed by atoms with Gasteiger partial charge in [0.05, 0.1) is 68.3 Å². The minimum atomic E-state index is 0.534. The van der Waals surface area contributed by atoms with Crippen molar-refractivity contribution in [1.82, 2.24) is 89.7 Å². The van der Waals surface area contributed by atoms with E-state index in [4.69, 9.17) is 89.7 Å². The molecule has 18 nitrogen and oxygen atoms in total. The highest BCUT2D eigenvalue weighted by molar-refractivity contribution is 6.28. The number of benzene rings is 4. The third kappa shape index (κ3) is 23.3. The summed E-state index contributed by atoms with van der Waals surface area (Å²) in [6.07, 6.45) is 63.7. The fourth-order valence-electron chi connectivity index (χ4n) is 19.3. The van der Waals surface area contributed by atoms with Crippen LogP contribution in [0.4, 0.5) is 0 Å². The van der Waals surface area contributed by atoms with Gasteiger partial charge in [-0.2, -0.15) is 0 Å². The predicted molar refractivity (Wildman–Crippen MR) is 531 cm³/mol. The van der Waals surface area contributed by atoms with Crippen molar-refractivity contribution < 1.29 is 0 Å². The van der Waals surface area contributed by atoms with Crippen LogP contribution >= 0.6 is 0 Å². The summed E-state index contributed by atoms with van der Waals surface area (Å²) in [7, 11) is 0. The smallest absolute Gasteiger partial charge is 0.120 e. The maximum Gasteiger partial charge on any atom is 0.120 e. The highest BCUT2D eigenvalue weighted by Crippen LogP contribution is 2.43. The number of hydrogen-bond acceptors (Lipinski definition) is 18. The molecule has 4 aromatic carbocycles. The fourth-order valence-corrected chi connectivity index (χ4v) is 19.3. The van der Waals surface area contributed by atoms with Crippen LogP contribution in [-0.2, 0) is 77.0 Å². The van der Waals surface area contributed by atoms with Gasteiger partial charge in [0.25, 0.3) is 0 Å². The Bertz CT molecular complexity index is 4810. The monoisotopic (exact) mass is 1710 g/mol. The molecule has 0 saturated heterocycles. The number of aromatic nitrogens is 18. The lowest BCUT2D eigenvalue weighted by Crippen LogP contribution is -2.10. The zero-order chi connectivity index (χ0) is 87.9. The van der Waals surface area contributed by atoms with E-state index in [0.717, 1.165) is 410 Å². The van der Waals surface area contributed by atoms with Gasteiger partial charge in [0.2, 0.25) is 0 Å². The molecule has 126 heavy (non-hydrogen) atoms. The van der Waals surface area contributed by atoms with Crippen molar-refractivity contribution in [2.45, 2.75) is 468 Å². The average Bonchev–Trinajstić information content (AvgIpc) is 0.692. The van der Waals surface area contributed by atoms with E-state index < -0.39 is 0 Å². The van der Waals surface area contributed by atoms with Gasteiger partial charge in [-0.05, 0) is 154 Å². The molecule has 0 saturated carbocycles. The van der Waals surface area contributed by atoms with E-state index >= 15 is 0 Å². The first-order chi connectivity index (χ1) is 62.1. The standard InChI is InChI=1S/C108H156N18/c1-13-25-37-49-61-73-79(67-55-43-31-19-7)115-91-85(109-73)86-92(116-80(68-56-44-32-20-8)74(110-86)62-50-38-26-14-2)98-97(91)121-103-104(122-98)106-108(126-102-96-90(114-78(66-54-42-30-18-6)84(120-96)72-60-48-36-24-12)89-95(101(102)124-106)119-83(71-59-47-35-23-11)77(113-89)65-53-41-29-17-5)107-105(103)123-99-93-87(111-75(63-51-39-27-15-3)81(117-93)69-57-45-33-21-9)88-94(100(99)125-107)118-82(70-58-46-34-22-10)76(112-88)64-52-40-28-16-4/h13-72H2,1-12H3. The Morgan fingerprint density at radius 1 is 0.0873 bits per heavy atom. The molecule has 0 aliphatic rings. The summed E-state index contributed by atoms with van der Waals surface area (Å²) in [5.41, 5.74) is 28.1. The molecular formula is C108H156N18. The zero-order valence-corrected chi connectivity index (χ0v) is 80.5. The third-order valence-corrected chi connectivity index (χ3v) is 26.9. The molecule has 0 amide bonds. The van der Waals surface area contributed by atoms with Gasteiger partial charge in [0, 0.05) is 0 Å². The second kappa shape index (κ2) is 49.5. The SMILES string of the molecule is CCCCCCc1nc2c3nc(CCCCCC)c(CCCCCC)nc3c3nc4c(nc3c2nc1CCCCCC)c1nc2c3nc(CCCCCC)c(CCCCCC)nc3c3nc(CCCCCC)c(CCCCCC)nc3c2nc1c1nc2c3nc(CCCCCC)c(CCCCCC)nc3c3nc(CCCCCC)c(CCCCCC)nc3c2nc41. The van der Waals surface area contributed by atoms with Crippen LogP contribution < -0.4 is 0 Å². The summed E-state index contributed by atoms with van der Waals surface area (Å²) >= 11 is 0. The predicted octanol–water partition coefficient (Wildman–Crippen LogP) is 30.1. The summed E-state index contributed by atoms with van der Waals surface area (Å²) in [6.45, 7) is 27.5. The van der Waals surface area contributed by atoms with Crippen LogP contribution in [0.3, 0.4) is 0 Å². The maximum absolute atomic E-state index is 6.20. The molecule has 678 valence electrons. The maximum atomic E-state index is 6.20. The molecule has 0 atom stereocenters. The topological polar surface area (TPSA) is 232 Å². The first-order valence-electron chi connectivity index (χ1n) is 52.3. The second-order valence-corrected chi connectivity index (χ2v) is 37.5. The molecule has 9 aromatic heterocycles. The Kier molecular flexibility index (Phi) is 37.4. The molecule has 0 aliphatic carbocycles. The number of aryl methyl sites for hydroxylation is 12. The fraction of sp³-hybridized carbons (Fsp3) is 0.667. The highest BCUT2D eigenvalue weighted by Gasteiger charge is 2.31. The normalized spacial score (nSPS) is 12.3. The Morgan fingerprint density at radius 3 is 0.230 bits per heavy atom. The molecule has 13 rings (SSSR count). The lowest BCUT2D eigenvalue weighted by Gasteiger charge is -2.18. The molecule has 0 spiro atoms. The van der Waals surface area contributed by atoms with E-state index in [-0.39, 0.29) is 0 Å². The molecule has 0 fully saturated rings. The van der Waals surface area contributed by atoms with Crippen molar-refractivity contribution in [3.63, 3.8) is 0 Å². The lowest BCUT2D eigenvalue weighted by molar-refractivity contribution is 0.638. The summed E-state index contributed by atoms with van der Waals surface area (Å²) in [5, 5.41) is 0. The van der Waals surface area contributed by atoms with Crippen molar-refractivity contribution in [1.29, 1.82) is 0 Å². The van der Waals surface area contributed by atoms with E-state index in [0.29, 0.717) is 99.3 Å². The van der Waals surface area contributed by atoms with Gasteiger partial charge in [0.1, 0.15) is 132 Å². The van der Waals surface area contributed by atoms with Crippen LogP contribution in [0.15, 0.2) is 0 Å². The Morgan fingerprint density at radius 2 is 0.159 bits per heavy atom. The quantitative estimate of drug-likeness (QED) is 0.0196. The highest BCUT2D eigenvalue weighted by atomic mass is 15.0. The number of fused-ring (bicyclic) bond motifs is 24. The molecule has 0 bridgehead atoms. The Labute approximate surface area is 754 Å². The van der Waals surface area contributed by atoms with Gasteiger partial charge in [-0.1, -0.05) is 314 Å². The lowest BCUT2D eigenvalue weighted by atomic mass is 10.0. The van der Waals surface area contributed by atoms with Crippen LogP contribution in [0.2, 0.25) is 0 Å². The molecular weight excluding hydrogens is 1550 g/mol. The second-order valence-electron chi connectivity index (χ2n) is 37.5. The molecule has 0 unspecified atom stereocenters. The van der Waals surface area contributed by atoms with Crippen molar-refractivity contribution in [2.24, 2.45) is 0 Å². The molecule has 0 aliphatic heterocycles. The molecule has 9 heterocycles.